The lowest BCUT2D eigenvalue weighted by Gasteiger charge is -2.11. The van der Waals surface area contributed by atoms with E-state index in [0.29, 0.717) is 28.2 Å². The smallest absolute Gasteiger partial charge is 0.272 e. The van der Waals surface area contributed by atoms with E-state index in [9.17, 15) is 13.2 Å². The highest BCUT2D eigenvalue weighted by Crippen LogP contribution is 2.60. The van der Waals surface area contributed by atoms with Crippen molar-refractivity contribution in [2.24, 2.45) is 11.8 Å². The summed E-state index contributed by atoms with van der Waals surface area (Å²) in [4.78, 5) is 0. The van der Waals surface area contributed by atoms with Crippen molar-refractivity contribution in [1.82, 2.24) is 14.8 Å². The number of benzene rings is 1. The van der Waals surface area contributed by atoms with Crippen LogP contribution in [-0.4, -0.2) is 14.8 Å². The first-order valence-corrected chi connectivity index (χ1v) is 8.22. The summed E-state index contributed by atoms with van der Waals surface area (Å²) in [5.74, 6) is 2.32. The van der Waals surface area contributed by atoms with Crippen molar-refractivity contribution < 1.29 is 13.2 Å². The third kappa shape index (κ3) is 2.51. The van der Waals surface area contributed by atoms with Gasteiger partial charge in [0.25, 0.3) is 0 Å². The zero-order valence-corrected chi connectivity index (χ0v) is 13.1. The molecule has 1 N–H and O–H groups in total. The van der Waals surface area contributed by atoms with Gasteiger partial charge in [-0.1, -0.05) is 18.9 Å². The number of aromatic nitrogens is 3. The Morgan fingerprint density at radius 2 is 1.87 bits per heavy atom. The first-order chi connectivity index (χ1) is 11.0. The first-order valence-electron chi connectivity index (χ1n) is 7.82. The maximum atomic E-state index is 13.0. The van der Waals surface area contributed by atoms with Crippen LogP contribution in [0.5, 0.6) is 0 Å². The predicted molar refractivity (Wildman–Crippen MR) is 81.9 cm³/mol. The summed E-state index contributed by atoms with van der Waals surface area (Å²) in [6.45, 7) is 0. The molecule has 2 aliphatic rings. The molecule has 7 heteroatoms. The molecule has 0 spiro atoms. The van der Waals surface area contributed by atoms with Crippen LogP contribution in [0.2, 0.25) is 0 Å². The molecule has 0 bridgehead atoms. The van der Waals surface area contributed by atoms with Gasteiger partial charge in [-0.25, -0.2) is 0 Å². The lowest BCUT2D eigenvalue weighted by atomic mass is 10.0. The van der Waals surface area contributed by atoms with Gasteiger partial charge in [0, 0.05) is 5.92 Å². The molecule has 1 aromatic heterocycles. The van der Waals surface area contributed by atoms with Crippen molar-refractivity contribution in [3.63, 3.8) is 0 Å². The first kappa shape index (κ1) is 14.9. The van der Waals surface area contributed by atoms with Gasteiger partial charge in [0.05, 0.1) is 11.3 Å². The zero-order valence-electron chi connectivity index (χ0n) is 12.3. The Bertz CT molecular complexity index is 780. The van der Waals surface area contributed by atoms with Crippen molar-refractivity contribution >= 4 is 12.2 Å². The lowest BCUT2D eigenvalue weighted by Crippen LogP contribution is -2.07. The second-order valence-corrected chi connectivity index (χ2v) is 6.80. The molecule has 4 rings (SSSR count). The Labute approximate surface area is 136 Å². The van der Waals surface area contributed by atoms with Crippen molar-refractivity contribution in [3.8, 4) is 5.69 Å². The quantitative estimate of drug-likeness (QED) is 0.793. The van der Waals surface area contributed by atoms with E-state index in [2.05, 4.69) is 10.2 Å². The largest absolute Gasteiger partial charge is 0.416 e. The van der Waals surface area contributed by atoms with E-state index < -0.39 is 11.7 Å². The fraction of sp³-hybridized carbons (Fsp3) is 0.500. The monoisotopic (exact) mass is 339 g/mol. The van der Waals surface area contributed by atoms with Gasteiger partial charge in [-0.3, -0.25) is 9.67 Å². The number of hydrogen-bond donors (Lipinski definition) is 1. The van der Waals surface area contributed by atoms with Crippen molar-refractivity contribution in [2.45, 2.75) is 37.8 Å². The van der Waals surface area contributed by atoms with E-state index in [1.165, 1.54) is 31.7 Å². The molecule has 2 aromatic rings. The highest BCUT2D eigenvalue weighted by molar-refractivity contribution is 7.71. The van der Waals surface area contributed by atoms with Gasteiger partial charge >= 0.3 is 6.18 Å². The average Bonchev–Trinajstić information content (AvgIpc) is 3.13. The number of aromatic amines is 1. The summed E-state index contributed by atoms with van der Waals surface area (Å²) in [5, 5.41) is 7.09. The number of alkyl halides is 3. The number of nitrogens with zero attached hydrogens (tertiary/aromatic N) is 2. The Hall–Kier alpha value is -1.63. The second kappa shape index (κ2) is 5.19. The summed E-state index contributed by atoms with van der Waals surface area (Å²) in [6, 6.07) is 5.28. The Kier molecular flexibility index (Phi) is 3.37. The molecule has 0 radical (unpaired) electrons. The highest BCUT2D eigenvalue weighted by Gasteiger charge is 2.53. The van der Waals surface area contributed by atoms with Crippen LogP contribution in [0.25, 0.3) is 5.69 Å². The molecule has 122 valence electrons. The molecule has 2 unspecified atom stereocenters. The highest BCUT2D eigenvalue weighted by atomic mass is 32.1. The number of fused-ring (bicyclic) bond motifs is 1. The average molecular weight is 339 g/mol. The van der Waals surface area contributed by atoms with Crippen molar-refractivity contribution in [3.05, 3.63) is 40.4 Å². The van der Waals surface area contributed by atoms with E-state index in [-0.39, 0.29) is 0 Å². The van der Waals surface area contributed by atoms with Gasteiger partial charge in [-0.15, -0.1) is 0 Å². The fourth-order valence-corrected chi connectivity index (χ4v) is 4.22. The molecule has 0 amide bonds. The molecule has 2 fully saturated rings. The second-order valence-electron chi connectivity index (χ2n) is 6.41. The number of hydrogen-bond acceptors (Lipinski definition) is 2. The van der Waals surface area contributed by atoms with E-state index in [4.69, 9.17) is 12.2 Å². The minimum absolute atomic E-state index is 0.319. The molecule has 2 aliphatic carbocycles. The van der Waals surface area contributed by atoms with Gasteiger partial charge in [0.2, 0.25) is 0 Å². The Morgan fingerprint density at radius 3 is 2.52 bits per heavy atom. The van der Waals surface area contributed by atoms with Gasteiger partial charge in [0.15, 0.2) is 4.77 Å². The number of rotatable bonds is 2. The van der Waals surface area contributed by atoms with Crippen LogP contribution >= 0.6 is 12.2 Å². The fourth-order valence-electron chi connectivity index (χ4n) is 3.98. The molecule has 0 saturated heterocycles. The van der Waals surface area contributed by atoms with Crippen LogP contribution < -0.4 is 0 Å². The minimum atomic E-state index is -4.37. The molecule has 3 nitrogen and oxygen atoms in total. The van der Waals surface area contributed by atoms with Gasteiger partial charge < -0.3 is 0 Å². The molecular formula is C16H16F3N3S. The summed E-state index contributed by atoms with van der Waals surface area (Å²) in [7, 11) is 0. The summed E-state index contributed by atoms with van der Waals surface area (Å²) in [6.07, 6.45) is 0.448. The van der Waals surface area contributed by atoms with Gasteiger partial charge in [0.1, 0.15) is 5.82 Å². The van der Waals surface area contributed by atoms with Crippen LogP contribution in [0.4, 0.5) is 13.2 Å². The third-order valence-corrected chi connectivity index (χ3v) is 5.36. The predicted octanol–water partition coefficient (Wildman–Crippen LogP) is 4.85. The van der Waals surface area contributed by atoms with Crippen molar-refractivity contribution in [2.75, 3.05) is 0 Å². The summed E-state index contributed by atoms with van der Waals surface area (Å²) >= 11 is 5.27. The third-order valence-electron chi connectivity index (χ3n) is 5.08. The van der Waals surface area contributed by atoms with E-state index in [1.807, 2.05) is 0 Å². The van der Waals surface area contributed by atoms with Crippen LogP contribution in [0, 0.1) is 16.6 Å². The SMILES string of the molecule is FC(F)(F)c1cccc(-n2c(C3C4CCCCC43)n[nH]c2=S)c1. The molecule has 1 aromatic carbocycles. The maximum Gasteiger partial charge on any atom is 0.416 e. The molecule has 2 atom stereocenters. The summed E-state index contributed by atoms with van der Waals surface area (Å²) in [5.41, 5.74) is -0.241. The lowest BCUT2D eigenvalue weighted by molar-refractivity contribution is -0.137. The summed E-state index contributed by atoms with van der Waals surface area (Å²) < 4.78 is 40.9. The van der Waals surface area contributed by atoms with Crippen molar-refractivity contribution in [1.29, 1.82) is 0 Å². The normalized spacial score (nSPS) is 26.8. The number of halogens is 3. The number of H-pyrrole nitrogens is 1. The molecule has 2 saturated carbocycles. The molecule has 1 heterocycles. The van der Waals surface area contributed by atoms with Crippen LogP contribution in [-0.2, 0) is 6.18 Å². The topological polar surface area (TPSA) is 33.6 Å². The van der Waals surface area contributed by atoms with Crippen LogP contribution in [0.1, 0.15) is 43.0 Å². The molecule has 23 heavy (non-hydrogen) atoms. The zero-order chi connectivity index (χ0) is 16.2. The van der Waals surface area contributed by atoms with E-state index in [0.717, 1.165) is 18.0 Å². The standard InChI is InChI=1S/C16H16F3N3S/c17-16(18,19)9-4-3-5-10(8-9)22-14(20-21-15(22)23)13-11-6-1-2-7-12(11)13/h3-5,8,11-13H,1-2,6-7H2,(H,21,23). The van der Waals surface area contributed by atoms with E-state index in [1.54, 1.807) is 10.6 Å². The Balaban J connectivity index is 1.76. The van der Waals surface area contributed by atoms with Crippen LogP contribution in [0.15, 0.2) is 24.3 Å². The minimum Gasteiger partial charge on any atom is -0.272 e. The number of nitrogens with one attached hydrogen (secondary N) is 1. The molecular weight excluding hydrogens is 323 g/mol. The van der Waals surface area contributed by atoms with Gasteiger partial charge in [-0.2, -0.15) is 18.3 Å². The maximum absolute atomic E-state index is 13.0. The van der Waals surface area contributed by atoms with Crippen LogP contribution in [0.3, 0.4) is 0 Å². The van der Waals surface area contributed by atoms with E-state index >= 15 is 0 Å². The Morgan fingerprint density at radius 1 is 1.17 bits per heavy atom. The van der Waals surface area contributed by atoms with Gasteiger partial charge in [-0.05, 0) is 55.1 Å². The molecule has 0 aliphatic heterocycles.